The van der Waals surface area contributed by atoms with Gasteiger partial charge in [-0.3, -0.25) is 19.7 Å². The molecule has 3 rings (SSSR count). The van der Waals surface area contributed by atoms with Gasteiger partial charge in [-0.05, 0) is 31.2 Å². The summed E-state index contributed by atoms with van der Waals surface area (Å²) in [5, 5.41) is 11.1. The molecule has 2 aromatic carbocycles. The smallest absolute Gasteiger partial charge is 0.252 e. The minimum absolute atomic E-state index is 0.0419. The number of nitrogens with two attached hydrogens (primary N) is 1. The van der Waals surface area contributed by atoms with Crippen LogP contribution in [-0.4, -0.2) is 55.4 Å². The highest BCUT2D eigenvalue weighted by atomic mass is 32.2. The Morgan fingerprint density at radius 1 is 1.12 bits per heavy atom. The number of ether oxygens (including phenoxy) is 2. The normalized spacial score (nSPS) is 19.9. The molecule has 3 unspecified atom stereocenters. The van der Waals surface area contributed by atoms with Crippen molar-refractivity contribution >= 4 is 35.2 Å². The summed E-state index contributed by atoms with van der Waals surface area (Å²) in [4.78, 5) is 37.3. The van der Waals surface area contributed by atoms with Gasteiger partial charge in [-0.15, -0.1) is 11.8 Å². The van der Waals surface area contributed by atoms with Crippen LogP contribution in [0.2, 0.25) is 0 Å². The average molecular weight is 474 g/mol. The van der Waals surface area contributed by atoms with Crippen LogP contribution >= 0.6 is 11.8 Å². The Morgan fingerprint density at radius 3 is 2.48 bits per heavy atom. The molecule has 0 bridgehead atoms. The maximum atomic E-state index is 12.5. The fourth-order valence-electron chi connectivity index (χ4n) is 3.12. The first-order valence-corrected chi connectivity index (χ1v) is 11.2. The van der Waals surface area contributed by atoms with Gasteiger partial charge in [-0.1, -0.05) is 17.7 Å². The highest BCUT2D eigenvalue weighted by Crippen LogP contribution is 2.29. The molecule has 11 heteroatoms. The number of hydrogen-bond donors (Lipinski definition) is 5. The molecule has 3 atom stereocenters. The summed E-state index contributed by atoms with van der Waals surface area (Å²) in [5.41, 5.74) is 7.44. The Kier molecular flexibility index (Phi) is 8.15. The van der Waals surface area contributed by atoms with E-state index in [1.54, 1.807) is 37.4 Å². The molecule has 10 nitrogen and oxygen atoms in total. The molecule has 6 N–H and O–H groups in total. The predicted octanol–water partition coefficient (Wildman–Crippen LogP) is 0.770. The van der Waals surface area contributed by atoms with E-state index < -0.39 is 29.5 Å². The second-order valence-corrected chi connectivity index (χ2v) is 8.42. The highest BCUT2D eigenvalue weighted by molar-refractivity contribution is 8.00. The van der Waals surface area contributed by atoms with Crippen LogP contribution in [0.4, 0.5) is 5.69 Å². The first-order chi connectivity index (χ1) is 15.8. The van der Waals surface area contributed by atoms with E-state index in [1.807, 2.05) is 19.1 Å². The van der Waals surface area contributed by atoms with Gasteiger partial charge in [-0.25, -0.2) is 0 Å². The molecule has 0 spiro atoms. The largest absolute Gasteiger partial charge is 0.497 e. The van der Waals surface area contributed by atoms with Crippen molar-refractivity contribution in [2.45, 2.75) is 24.6 Å². The topological polar surface area (TPSA) is 144 Å². The Balaban J connectivity index is 1.51. The fraction of sp³-hybridized carbons (Fsp3) is 0.318. The molecule has 1 fully saturated rings. The van der Waals surface area contributed by atoms with Crippen molar-refractivity contribution in [2.24, 2.45) is 5.73 Å². The van der Waals surface area contributed by atoms with Crippen LogP contribution in [0.25, 0.3) is 0 Å². The zero-order valence-electron chi connectivity index (χ0n) is 18.5. The quantitative estimate of drug-likeness (QED) is 0.378. The lowest BCUT2D eigenvalue weighted by molar-refractivity contribution is -0.125. The number of carbonyl (C=O) groups excluding carboxylic acids is 3. The SMILES string of the molecule is COc1ccc(NC(=O)CSC2NC(=O)C(NC(=O)c3ccc(C)cc3)C(N)N2)c(OC)c1. The maximum absolute atomic E-state index is 12.5. The van der Waals surface area contributed by atoms with E-state index in [4.69, 9.17) is 15.2 Å². The molecule has 0 radical (unpaired) electrons. The number of anilines is 1. The third-order valence-electron chi connectivity index (χ3n) is 4.92. The van der Waals surface area contributed by atoms with Gasteiger partial charge >= 0.3 is 0 Å². The monoisotopic (exact) mass is 473 g/mol. The van der Waals surface area contributed by atoms with E-state index >= 15 is 0 Å². The summed E-state index contributed by atoms with van der Waals surface area (Å²) < 4.78 is 10.4. The van der Waals surface area contributed by atoms with Crippen molar-refractivity contribution in [3.8, 4) is 11.5 Å². The molecule has 2 aromatic rings. The Labute approximate surface area is 196 Å². The van der Waals surface area contributed by atoms with Crippen molar-refractivity contribution in [1.29, 1.82) is 0 Å². The summed E-state index contributed by atoms with van der Waals surface area (Å²) in [6.07, 6.45) is -0.824. The van der Waals surface area contributed by atoms with E-state index in [0.717, 1.165) is 17.3 Å². The van der Waals surface area contributed by atoms with E-state index in [1.165, 1.54) is 7.11 Å². The lowest BCUT2D eigenvalue weighted by atomic mass is 10.1. The van der Waals surface area contributed by atoms with Crippen LogP contribution < -0.4 is 36.5 Å². The second kappa shape index (κ2) is 11.0. The third kappa shape index (κ3) is 6.37. The standard InChI is InChI=1S/C22H27N5O5S/c1-12-4-6-13(7-5-12)20(29)25-18-19(23)26-22(27-21(18)30)33-11-17(28)24-15-9-8-14(31-2)10-16(15)32-3/h4-10,18-19,22,26H,11,23H2,1-3H3,(H,24,28)(H,25,29)(H,27,30). The third-order valence-corrected chi connectivity index (χ3v) is 5.94. The number of aryl methyl sites for hydroxylation is 1. The zero-order valence-corrected chi connectivity index (χ0v) is 19.3. The van der Waals surface area contributed by atoms with Gasteiger partial charge in [0.1, 0.15) is 23.0 Å². The minimum atomic E-state index is -0.951. The summed E-state index contributed by atoms with van der Waals surface area (Å²) in [5.74, 6) is -0.0109. The molecular weight excluding hydrogens is 446 g/mol. The molecule has 0 aromatic heterocycles. The summed E-state index contributed by atoms with van der Waals surface area (Å²) in [6.45, 7) is 1.92. The second-order valence-electron chi connectivity index (χ2n) is 7.32. The average Bonchev–Trinajstić information content (AvgIpc) is 2.80. The van der Waals surface area contributed by atoms with Gasteiger partial charge in [0.25, 0.3) is 5.91 Å². The molecule has 1 aliphatic heterocycles. The van der Waals surface area contributed by atoms with Gasteiger partial charge in [-0.2, -0.15) is 0 Å². The molecule has 33 heavy (non-hydrogen) atoms. The van der Waals surface area contributed by atoms with Crippen molar-refractivity contribution in [3.63, 3.8) is 0 Å². The predicted molar refractivity (Wildman–Crippen MR) is 126 cm³/mol. The molecule has 1 aliphatic rings. The first kappa shape index (κ1) is 24.4. The molecule has 3 amide bonds. The van der Waals surface area contributed by atoms with E-state index in [0.29, 0.717) is 22.7 Å². The minimum Gasteiger partial charge on any atom is -0.497 e. The molecule has 176 valence electrons. The van der Waals surface area contributed by atoms with Gasteiger partial charge in [0, 0.05) is 11.6 Å². The molecule has 0 aliphatic carbocycles. The number of benzene rings is 2. The fourth-order valence-corrected chi connectivity index (χ4v) is 3.96. The van der Waals surface area contributed by atoms with E-state index in [2.05, 4.69) is 21.3 Å². The number of hydrogen-bond acceptors (Lipinski definition) is 8. The number of rotatable bonds is 8. The lowest BCUT2D eigenvalue weighted by Gasteiger charge is -2.35. The Bertz CT molecular complexity index is 1020. The number of methoxy groups -OCH3 is 2. The van der Waals surface area contributed by atoms with Crippen LogP contribution in [0.1, 0.15) is 15.9 Å². The van der Waals surface area contributed by atoms with Crippen molar-refractivity contribution in [1.82, 2.24) is 16.0 Å². The molecule has 1 saturated heterocycles. The summed E-state index contributed by atoms with van der Waals surface area (Å²) in [7, 11) is 3.04. The van der Waals surface area contributed by atoms with Gasteiger partial charge in [0.15, 0.2) is 0 Å². The summed E-state index contributed by atoms with van der Waals surface area (Å²) >= 11 is 1.16. The number of thioether (sulfide) groups is 1. The maximum Gasteiger partial charge on any atom is 0.252 e. The first-order valence-electron chi connectivity index (χ1n) is 10.1. The van der Waals surface area contributed by atoms with Crippen molar-refractivity contribution < 1.29 is 23.9 Å². The Morgan fingerprint density at radius 2 is 1.85 bits per heavy atom. The lowest BCUT2D eigenvalue weighted by Crippen LogP contribution is -2.70. The molecular formula is C22H27N5O5S. The van der Waals surface area contributed by atoms with Crippen LogP contribution in [-0.2, 0) is 9.59 Å². The van der Waals surface area contributed by atoms with Crippen LogP contribution in [0.3, 0.4) is 0 Å². The highest BCUT2D eigenvalue weighted by Gasteiger charge is 2.35. The van der Waals surface area contributed by atoms with Crippen molar-refractivity contribution in [2.75, 3.05) is 25.3 Å². The van der Waals surface area contributed by atoms with Crippen molar-refractivity contribution in [3.05, 3.63) is 53.6 Å². The number of amides is 3. The molecule has 1 heterocycles. The van der Waals surface area contributed by atoms with E-state index in [9.17, 15) is 14.4 Å². The van der Waals surface area contributed by atoms with Crippen LogP contribution in [0, 0.1) is 6.92 Å². The van der Waals surface area contributed by atoms with Gasteiger partial charge in [0.2, 0.25) is 11.8 Å². The number of nitrogens with one attached hydrogen (secondary N) is 4. The van der Waals surface area contributed by atoms with Crippen LogP contribution in [0.5, 0.6) is 11.5 Å². The van der Waals surface area contributed by atoms with Gasteiger partial charge < -0.3 is 31.2 Å². The van der Waals surface area contributed by atoms with Gasteiger partial charge in [0.05, 0.1) is 31.8 Å². The molecule has 0 saturated carbocycles. The zero-order chi connectivity index (χ0) is 24.0. The summed E-state index contributed by atoms with van der Waals surface area (Å²) in [6, 6.07) is 11.1. The van der Waals surface area contributed by atoms with E-state index in [-0.39, 0.29) is 11.7 Å². The number of carbonyl (C=O) groups is 3. The Hall–Kier alpha value is -3.28. The van der Waals surface area contributed by atoms with Crippen LogP contribution in [0.15, 0.2) is 42.5 Å².